The molecule has 3 N–H and O–H groups in total. The Morgan fingerprint density at radius 1 is 1.38 bits per heavy atom. The minimum absolute atomic E-state index is 0.147. The van der Waals surface area contributed by atoms with Crippen LogP contribution in [0.2, 0.25) is 0 Å². The summed E-state index contributed by atoms with van der Waals surface area (Å²) in [5.74, 6) is 5.15. The lowest BCUT2D eigenvalue weighted by atomic mass is 10.2. The Hall–Kier alpha value is -3.25. The average Bonchev–Trinajstić information content (AvgIpc) is 2.49. The molecule has 2 rings (SSSR count). The minimum atomic E-state index is -0.686. The van der Waals surface area contributed by atoms with Gasteiger partial charge in [0.15, 0.2) is 0 Å². The van der Waals surface area contributed by atoms with Crippen molar-refractivity contribution in [3.63, 3.8) is 0 Å². The summed E-state index contributed by atoms with van der Waals surface area (Å²) in [5, 5.41) is 19.6. The number of nitrogens with two attached hydrogens (primary N) is 1. The van der Waals surface area contributed by atoms with E-state index in [1.165, 1.54) is 0 Å². The summed E-state index contributed by atoms with van der Waals surface area (Å²) in [6.07, 6.45) is 1.37. The number of rotatable bonds is 5. The van der Waals surface area contributed by atoms with Crippen molar-refractivity contribution in [2.75, 3.05) is 5.43 Å². The quantitative estimate of drug-likeness (QED) is 0.479. The van der Waals surface area contributed by atoms with Crippen LogP contribution in [0.25, 0.3) is 0 Å². The van der Waals surface area contributed by atoms with Crippen molar-refractivity contribution in [1.82, 2.24) is 9.97 Å². The number of hydrogen-bond acceptors (Lipinski definition) is 8. The van der Waals surface area contributed by atoms with Crippen LogP contribution < -0.4 is 16.0 Å². The number of aromatic nitrogens is 2. The Bertz CT molecular complexity index is 695. The van der Waals surface area contributed by atoms with Crippen molar-refractivity contribution in [3.05, 3.63) is 46.3 Å². The molecule has 2 aromatic rings. The first-order valence-corrected chi connectivity index (χ1v) is 5.75. The number of ether oxygens (including phenoxy) is 1. The van der Waals surface area contributed by atoms with E-state index in [-0.39, 0.29) is 18.1 Å². The highest BCUT2D eigenvalue weighted by atomic mass is 16.6. The molecule has 0 saturated heterocycles. The zero-order valence-electron chi connectivity index (χ0n) is 10.7. The zero-order chi connectivity index (χ0) is 15.2. The Labute approximate surface area is 119 Å². The number of nitrogens with one attached hydrogen (secondary N) is 1. The summed E-state index contributed by atoms with van der Waals surface area (Å²) in [6, 6.07) is 8.58. The SMILES string of the molecule is N#CCc1ccc(Oc2ncnc(NN)c2[N+](=O)[O-])cc1. The molecule has 0 atom stereocenters. The zero-order valence-corrected chi connectivity index (χ0v) is 10.7. The monoisotopic (exact) mass is 286 g/mol. The predicted molar refractivity (Wildman–Crippen MR) is 72.3 cm³/mol. The molecule has 106 valence electrons. The van der Waals surface area contributed by atoms with Gasteiger partial charge in [-0.05, 0) is 17.7 Å². The molecule has 0 unspecified atom stereocenters. The van der Waals surface area contributed by atoms with Gasteiger partial charge in [0.2, 0.25) is 5.82 Å². The lowest BCUT2D eigenvalue weighted by Gasteiger charge is -2.07. The second-order valence-electron chi connectivity index (χ2n) is 3.86. The van der Waals surface area contributed by atoms with Crippen LogP contribution in [-0.2, 0) is 6.42 Å². The van der Waals surface area contributed by atoms with Crippen molar-refractivity contribution < 1.29 is 9.66 Å². The molecule has 0 radical (unpaired) electrons. The van der Waals surface area contributed by atoms with E-state index in [1.54, 1.807) is 24.3 Å². The lowest BCUT2D eigenvalue weighted by molar-refractivity contribution is -0.385. The molecular weight excluding hydrogens is 276 g/mol. The molecular formula is C12H10N6O3. The number of hydrazine groups is 1. The maximum absolute atomic E-state index is 11.0. The third-order valence-corrected chi connectivity index (χ3v) is 2.53. The van der Waals surface area contributed by atoms with E-state index in [2.05, 4.69) is 15.4 Å². The topological polar surface area (TPSA) is 140 Å². The van der Waals surface area contributed by atoms with Gasteiger partial charge < -0.3 is 10.2 Å². The fourth-order valence-electron chi connectivity index (χ4n) is 1.59. The smallest absolute Gasteiger partial charge is 0.374 e. The van der Waals surface area contributed by atoms with E-state index in [0.717, 1.165) is 11.9 Å². The number of nitro groups is 1. The van der Waals surface area contributed by atoms with Crippen LogP contribution >= 0.6 is 0 Å². The van der Waals surface area contributed by atoms with Crippen LogP contribution in [0.1, 0.15) is 5.56 Å². The molecule has 0 aliphatic carbocycles. The summed E-state index contributed by atoms with van der Waals surface area (Å²) < 4.78 is 5.38. The highest BCUT2D eigenvalue weighted by Crippen LogP contribution is 2.33. The molecule has 0 bridgehead atoms. The molecule has 0 fully saturated rings. The Kier molecular flexibility index (Phi) is 4.23. The molecule has 9 nitrogen and oxygen atoms in total. The molecule has 0 aliphatic heterocycles. The molecule has 1 aromatic heterocycles. The second-order valence-corrected chi connectivity index (χ2v) is 3.86. The van der Waals surface area contributed by atoms with Crippen molar-refractivity contribution >= 4 is 11.5 Å². The highest BCUT2D eigenvalue weighted by molar-refractivity contribution is 5.61. The summed E-state index contributed by atoms with van der Waals surface area (Å²) in [5.41, 5.74) is 2.47. The van der Waals surface area contributed by atoms with Gasteiger partial charge in [-0.1, -0.05) is 12.1 Å². The van der Waals surface area contributed by atoms with Gasteiger partial charge in [0.1, 0.15) is 12.1 Å². The highest BCUT2D eigenvalue weighted by Gasteiger charge is 2.24. The molecule has 0 saturated carbocycles. The average molecular weight is 286 g/mol. The van der Waals surface area contributed by atoms with Gasteiger partial charge >= 0.3 is 11.6 Å². The van der Waals surface area contributed by atoms with Crippen LogP contribution in [0, 0.1) is 21.4 Å². The van der Waals surface area contributed by atoms with Crippen molar-refractivity contribution in [1.29, 1.82) is 5.26 Å². The standard InChI is InChI=1S/C12H10N6O3/c13-6-5-8-1-3-9(4-2-8)21-12-10(18(19)20)11(17-14)15-7-16-12/h1-4,7H,5,14H2,(H,15,16,17). The van der Waals surface area contributed by atoms with Crippen LogP contribution in [-0.4, -0.2) is 14.9 Å². The van der Waals surface area contributed by atoms with Gasteiger partial charge in [-0.3, -0.25) is 10.1 Å². The van der Waals surface area contributed by atoms with Gasteiger partial charge in [0.05, 0.1) is 17.4 Å². The number of hydrogen-bond donors (Lipinski definition) is 2. The van der Waals surface area contributed by atoms with E-state index >= 15 is 0 Å². The summed E-state index contributed by atoms with van der Waals surface area (Å²) in [6.45, 7) is 0. The largest absolute Gasteiger partial charge is 0.434 e. The van der Waals surface area contributed by atoms with E-state index in [0.29, 0.717) is 5.75 Å². The number of nitriles is 1. The first kappa shape index (κ1) is 14.2. The first-order valence-electron chi connectivity index (χ1n) is 5.75. The molecule has 1 heterocycles. The van der Waals surface area contributed by atoms with E-state index in [9.17, 15) is 10.1 Å². The molecule has 0 spiro atoms. The van der Waals surface area contributed by atoms with E-state index in [1.807, 2.05) is 6.07 Å². The lowest BCUT2D eigenvalue weighted by Crippen LogP contribution is -2.12. The molecule has 9 heteroatoms. The summed E-state index contributed by atoms with van der Waals surface area (Å²) in [4.78, 5) is 17.8. The normalized spacial score (nSPS) is 9.71. The summed E-state index contributed by atoms with van der Waals surface area (Å²) in [7, 11) is 0. The number of anilines is 1. The fourth-order valence-corrected chi connectivity index (χ4v) is 1.59. The first-order chi connectivity index (χ1) is 10.2. The maximum Gasteiger partial charge on any atom is 0.374 e. The number of nitrogen functional groups attached to an aromatic ring is 1. The molecule has 1 aromatic carbocycles. The van der Waals surface area contributed by atoms with Gasteiger partial charge in [-0.25, -0.2) is 10.8 Å². The van der Waals surface area contributed by atoms with Gasteiger partial charge in [0.25, 0.3) is 0 Å². The second kappa shape index (κ2) is 6.27. The van der Waals surface area contributed by atoms with Gasteiger partial charge in [-0.2, -0.15) is 10.2 Å². The molecule has 21 heavy (non-hydrogen) atoms. The molecule has 0 amide bonds. The Balaban J connectivity index is 2.31. The van der Waals surface area contributed by atoms with Crippen LogP contribution in [0.15, 0.2) is 30.6 Å². The van der Waals surface area contributed by atoms with Gasteiger partial charge in [0, 0.05) is 0 Å². The summed E-state index contributed by atoms with van der Waals surface area (Å²) >= 11 is 0. The van der Waals surface area contributed by atoms with E-state index < -0.39 is 10.6 Å². The Morgan fingerprint density at radius 3 is 2.67 bits per heavy atom. The van der Waals surface area contributed by atoms with Crippen molar-refractivity contribution in [2.45, 2.75) is 6.42 Å². The minimum Gasteiger partial charge on any atom is -0.434 e. The molecule has 0 aliphatic rings. The fraction of sp³-hybridized carbons (Fsp3) is 0.0833. The van der Waals surface area contributed by atoms with E-state index in [4.69, 9.17) is 15.8 Å². The third kappa shape index (κ3) is 3.20. The van der Waals surface area contributed by atoms with Crippen LogP contribution in [0.4, 0.5) is 11.5 Å². The Morgan fingerprint density at radius 2 is 2.10 bits per heavy atom. The van der Waals surface area contributed by atoms with Crippen LogP contribution in [0.5, 0.6) is 11.6 Å². The predicted octanol–water partition coefficient (Wildman–Crippen LogP) is 1.53. The van der Waals surface area contributed by atoms with Crippen molar-refractivity contribution in [2.24, 2.45) is 5.84 Å². The maximum atomic E-state index is 11.0. The van der Waals surface area contributed by atoms with Crippen LogP contribution in [0.3, 0.4) is 0 Å². The third-order valence-electron chi connectivity index (χ3n) is 2.53. The number of benzene rings is 1. The number of nitrogens with zero attached hydrogens (tertiary/aromatic N) is 4. The van der Waals surface area contributed by atoms with Crippen molar-refractivity contribution in [3.8, 4) is 17.7 Å². The van der Waals surface area contributed by atoms with Gasteiger partial charge in [-0.15, -0.1) is 0 Å².